The minimum absolute atomic E-state index is 0.0518. The van der Waals surface area contributed by atoms with Gasteiger partial charge in [0.15, 0.2) is 0 Å². The Bertz CT molecular complexity index is 602. The highest BCUT2D eigenvalue weighted by Crippen LogP contribution is 2.16. The molecule has 0 aliphatic carbocycles. The summed E-state index contributed by atoms with van der Waals surface area (Å²) < 4.78 is 7.42. The van der Waals surface area contributed by atoms with E-state index in [1.165, 1.54) is 0 Å². The van der Waals surface area contributed by atoms with Crippen LogP contribution in [0.4, 0.5) is 0 Å². The third kappa shape index (κ3) is 3.71. The largest absolute Gasteiger partial charge is 0.493 e. The smallest absolute Gasteiger partial charge is 0.250 e. The lowest BCUT2D eigenvalue weighted by Gasteiger charge is -2.09. The zero-order valence-corrected chi connectivity index (χ0v) is 11.4. The third-order valence-corrected chi connectivity index (χ3v) is 3.05. The molecule has 1 aromatic carbocycles. The van der Waals surface area contributed by atoms with Gasteiger partial charge in [0, 0.05) is 18.8 Å². The summed E-state index contributed by atoms with van der Waals surface area (Å²) in [5, 5.41) is 0. The lowest BCUT2D eigenvalue weighted by atomic mass is 10.2. The van der Waals surface area contributed by atoms with Crippen molar-refractivity contribution >= 4 is 0 Å². The number of hydrogen-bond donors (Lipinski definition) is 0. The molecule has 2 aromatic rings. The number of para-hydroxylation sites is 1. The highest BCUT2D eigenvalue weighted by atomic mass is 16.5. The van der Waals surface area contributed by atoms with Crippen LogP contribution in [0, 0.1) is 13.8 Å². The molecule has 0 saturated heterocycles. The van der Waals surface area contributed by atoms with Gasteiger partial charge in [-0.05, 0) is 43.5 Å². The van der Waals surface area contributed by atoms with Gasteiger partial charge in [-0.3, -0.25) is 4.79 Å². The molecule has 0 saturated carbocycles. The number of rotatable bonds is 5. The van der Waals surface area contributed by atoms with E-state index in [1.54, 1.807) is 10.6 Å². The number of ether oxygens (including phenoxy) is 1. The first kappa shape index (κ1) is 13.4. The predicted molar refractivity (Wildman–Crippen MR) is 76.7 cm³/mol. The quantitative estimate of drug-likeness (QED) is 0.771. The van der Waals surface area contributed by atoms with Crippen molar-refractivity contribution in [3.63, 3.8) is 0 Å². The van der Waals surface area contributed by atoms with Gasteiger partial charge in [0.1, 0.15) is 5.75 Å². The first-order valence-corrected chi connectivity index (χ1v) is 6.52. The molecule has 0 unspecified atom stereocenters. The number of nitrogens with zero attached hydrogens (tertiary/aromatic N) is 1. The van der Waals surface area contributed by atoms with Gasteiger partial charge >= 0.3 is 0 Å². The summed E-state index contributed by atoms with van der Waals surface area (Å²) in [5.74, 6) is 0.916. The minimum Gasteiger partial charge on any atom is -0.493 e. The topological polar surface area (TPSA) is 31.2 Å². The van der Waals surface area contributed by atoms with E-state index in [9.17, 15) is 4.79 Å². The van der Waals surface area contributed by atoms with Crippen molar-refractivity contribution in [2.45, 2.75) is 26.8 Å². The molecule has 0 amide bonds. The molecule has 0 aliphatic rings. The van der Waals surface area contributed by atoms with Crippen molar-refractivity contribution in [2.24, 2.45) is 0 Å². The van der Waals surface area contributed by atoms with Crippen LogP contribution < -0.4 is 10.3 Å². The molecule has 3 heteroatoms. The highest BCUT2D eigenvalue weighted by molar-refractivity contribution is 5.31. The summed E-state index contributed by atoms with van der Waals surface area (Å²) in [6, 6.07) is 11.6. The van der Waals surface area contributed by atoms with Crippen molar-refractivity contribution in [1.29, 1.82) is 0 Å². The lowest BCUT2D eigenvalue weighted by Crippen LogP contribution is -2.19. The van der Waals surface area contributed by atoms with Gasteiger partial charge in [-0.15, -0.1) is 0 Å². The summed E-state index contributed by atoms with van der Waals surface area (Å²) >= 11 is 0. The number of benzene rings is 1. The highest BCUT2D eigenvalue weighted by Gasteiger charge is 1.99. The average Bonchev–Trinajstić information content (AvgIpc) is 2.38. The molecule has 0 spiro atoms. The Hall–Kier alpha value is -2.03. The Kier molecular flexibility index (Phi) is 4.39. The maximum absolute atomic E-state index is 11.7. The fraction of sp³-hybridized carbons (Fsp3) is 0.312. The van der Waals surface area contributed by atoms with Gasteiger partial charge in [0.05, 0.1) is 6.61 Å². The van der Waals surface area contributed by atoms with Crippen molar-refractivity contribution in [3.8, 4) is 5.75 Å². The fourth-order valence-corrected chi connectivity index (χ4v) is 1.93. The Morgan fingerprint density at radius 1 is 1.16 bits per heavy atom. The van der Waals surface area contributed by atoms with Gasteiger partial charge < -0.3 is 9.30 Å². The Morgan fingerprint density at radius 2 is 1.95 bits per heavy atom. The van der Waals surface area contributed by atoms with Crippen LogP contribution in [0.15, 0.2) is 47.4 Å². The van der Waals surface area contributed by atoms with E-state index in [0.29, 0.717) is 13.2 Å². The summed E-state index contributed by atoms with van der Waals surface area (Å²) in [7, 11) is 0. The maximum atomic E-state index is 11.7. The van der Waals surface area contributed by atoms with E-state index in [2.05, 4.69) is 0 Å². The molecule has 0 atom stereocenters. The van der Waals surface area contributed by atoms with Crippen LogP contribution in [-0.4, -0.2) is 11.2 Å². The van der Waals surface area contributed by atoms with Crippen LogP contribution in [0.2, 0.25) is 0 Å². The Morgan fingerprint density at radius 3 is 2.68 bits per heavy atom. The van der Waals surface area contributed by atoms with E-state index in [1.807, 2.05) is 50.4 Å². The summed E-state index contributed by atoms with van der Waals surface area (Å²) in [4.78, 5) is 11.7. The summed E-state index contributed by atoms with van der Waals surface area (Å²) in [6.45, 7) is 5.25. The standard InChI is InChI=1S/C16H19NO2/c1-13-8-10-17(16(18)12-13)9-5-11-19-15-7-4-3-6-14(15)2/h3-4,6-8,10,12H,5,9,11H2,1-2H3. The second-order valence-corrected chi connectivity index (χ2v) is 4.70. The average molecular weight is 257 g/mol. The molecular formula is C16H19NO2. The van der Waals surface area contributed by atoms with Crippen LogP contribution >= 0.6 is 0 Å². The van der Waals surface area contributed by atoms with Gasteiger partial charge in [-0.25, -0.2) is 0 Å². The second kappa shape index (κ2) is 6.23. The molecule has 0 radical (unpaired) electrons. The van der Waals surface area contributed by atoms with Gasteiger partial charge in [-0.1, -0.05) is 18.2 Å². The summed E-state index contributed by atoms with van der Waals surface area (Å²) in [6.07, 6.45) is 2.66. The SMILES string of the molecule is Cc1ccn(CCCOc2ccccc2C)c(=O)c1. The maximum Gasteiger partial charge on any atom is 0.250 e. The second-order valence-electron chi connectivity index (χ2n) is 4.70. The molecule has 0 N–H and O–H groups in total. The van der Waals surface area contributed by atoms with Crippen LogP contribution in [-0.2, 0) is 6.54 Å². The first-order chi connectivity index (χ1) is 9.16. The third-order valence-electron chi connectivity index (χ3n) is 3.05. The molecule has 3 nitrogen and oxygen atoms in total. The van der Waals surface area contributed by atoms with E-state index >= 15 is 0 Å². The molecular weight excluding hydrogens is 238 g/mol. The van der Waals surface area contributed by atoms with Crippen molar-refractivity contribution in [2.75, 3.05) is 6.61 Å². The Balaban J connectivity index is 1.84. The van der Waals surface area contributed by atoms with Crippen LogP contribution in [0.1, 0.15) is 17.5 Å². The van der Waals surface area contributed by atoms with Crippen molar-refractivity contribution in [3.05, 3.63) is 64.1 Å². The summed E-state index contributed by atoms with van der Waals surface area (Å²) in [5.41, 5.74) is 2.18. The minimum atomic E-state index is 0.0518. The van der Waals surface area contributed by atoms with Crippen LogP contribution in [0.25, 0.3) is 0 Å². The van der Waals surface area contributed by atoms with E-state index in [-0.39, 0.29) is 5.56 Å². The zero-order chi connectivity index (χ0) is 13.7. The van der Waals surface area contributed by atoms with Gasteiger partial charge in [0.2, 0.25) is 0 Å². The van der Waals surface area contributed by atoms with E-state index in [0.717, 1.165) is 23.3 Å². The number of aromatic nitrogens is 1. The van der Waals surface area contributed by atoms with E-state index < -0.39 is 0 Å². The molecule has 1 heterocycles. The van der Waals surface area contributed by atoms with Crippen molar-refractivity contribution < 1.29 is 4.74 Å². The molecule has 1 aromatic heterocycles. The van der Waals surface area contributed by atoms with E-state index in [4.69, 9.17) is 4.74 Å². The normalized spacial score (nSPS) is 10.4. The zero-order valence-electron chi connectivity index (χ0n) is 11.4. The monoisotopic (exact) mass is 257 g/mol. The number of pyridine rings is 1. The number of hydrogen-bond acceptors (Lipinski definition) is 2. The fourth-order valence-electron chi connectivity index (χ4n) is 1.93. The lowest BCUT2D eigenvalue weighted by molar-refractivity contribution is 0.299. The van der Waals surface area contributed by atoms with Crippen molar-refractivity contribution in [1.82, 2.24) is 4.57 Å². The molecule has 0 fully saturated rings. The molecule has 0 bridgehead atoms. The van der Waals surface area contributed by atoms with Gasteiger partial charge in [-0.2, -0.15) is 0 Å². The number of aryl methyl sites for hydroxylation is 3. The van der Waals surface area contributed by atoms with Gasteiger partial charge in [0.25, 0.3) is 5.56 Å². The molecule has 2 rings (SSSR count). The molecule has 0 aliphatic heterocycles. The Labute approximate surface area is 113 Å². The molecule has 100 valence electrons. The first-order valence-electron chi connectivity index (χ1n) is 6.52. The van der Waals surface area contributed by atoms with Crippen LogP contribution in [0.5, 0.6) is 5.75 Å². The predicted octanol–water partition coefficient (Wildman–Crippen LogP) is 2.93. The van der Waals surface area contributed by atoms with Crippen LogP contribution in [0.3, 0.4) is 0 Å². The molecule has 19 heavy (non-hydrogen) atoms.